The van der Waals surface area contributed by atoms with Gasteiger partial charge < -0.3 is 18.9 Å². The zero-order valence-corrected chi connectivity index (χ0v) is 19.8. The van der Waals surface area contributed by atoms with Crippen molar-refractivity contribution >= 4 is 22.9 Å². The highest BCUT2D eigenvalue weighted by atomic mass is 32.2. The molecular weight excluding hydrogens is 478 g/mol. The highest BCUT2D eigenvalue weighted by Gasteiger charge is 2.33. The molecule has 2 rings (SSSR count). The molecule has 1 N–H and O–H groups in total. The molecule has 0 fully saturated rings. The number of ether oxygens (including phenoxy) is 1. The average molecular weight is 505 g/mol. The summed E-state index contributed by atoms with van der Waals surface area (Å²) in [5, 5.41) is 2.60. The van der Waals surface area contributed by atoms with Crippen molar-refractivity contribution < 1.29 is 35.9 Å². The van der Waals surface area contributed by atoms with Crippen LogP contribution in [0.2, 0.25) is 0 Å². The van der Waals surface area contributed by atoms with Crippen LogP contribution < -0.4 is 14.4 Å². The number of carbonyl (C=O) groups is 1. The lowest BCUT2D eigenvalue weighted by molar-refractivity contribution is -0.141. The third-order valence-electron chi connectivity index (χ3n) is 5.10. The zero-order valence-electron chi connectivity index (χ0n) is 18.9. The van der Waals surface area contributed by atoms with Crippen molar-refractivity contribution in [1.82, 2.24) is 10.3 Å². The summed E-state index contributed by atoms with van der Waals surface area (Å²) < 4.78 is 81.7. The molecule has 2 unspecified atom stereocenters. The summed E-state index contributed by atoms with van der Waals surface area (Å²) in [6, 6.07) is 5.74. The maximum Gasteiger partial charge on any atom is 0.433 e. The fourth-order valence-electron chi connectivity index (χ4n) is 3.02. The number of rotatable bonds is 11. The molecule has 0 saturated carbocycles. The summed E-state index contributed by atoms with van der Waals surface area (Å²) in [6.07, 6.45) is -2.24. The van der Waals surface area contributed by atoms with Gasteiger partial charge in [-0.1, -0.05) is 25.8 Å². The van der Waals surface area contributed by atoms with E-state index in [1.165, 1.54) is 32.2 Å². The Hall–Kier alpha value is -2.73. The number of nitrogens with zero attached hydrogens (tertiary/aromatic N) is 2. The van der Waals surface area contributed by atoms with Crippen LogP contribution in [0.15, 0.2) is 30.3 Å². The minimum atomic E-state index is -4.64. The number of aromatic nitrogens is 1. The van der Waals surface area contributed by atoms with Gasteiger partial charge in [0, 0.05) is 30.4 Å². The maximum absolute atomic E-state index is 14.3. The topological polar surface area (TPSA) is 94.6 Å². The Morgan fingerprint density at radius 1 is 1.26 bits per heavy atom. The van der Waals surface area contributed by atoms with Gasteiger partial charge in [-0.05, 0) is 43.2 Å². The van der Waals surface area contributed by atoms with E-state index in [4.69, 9.17) is 4.74 Å². The maximum atomic E-state index is 14.3. The van der Waals surface area contributed by atoms with E-state index < -0.39 is 40.8 Å². The molecule has 0 aliphatic carbocycles. The number of anilines is 1. The van der Waals surface area contributed by atoms with E-state index in [0.29, 0.717) is 16.3 Å². The monoisotopic (exact) mass is 504 g/mol. The standard InChI is InChI=1S/C22H27F4N3O4S/c1-4-5-6-11-33-21-16(8-10-19(28-21)22(24,25)26)13-27-20(30)14(2)15-7-9-18(17(23)12-15)29(3)34(31)32/h7-10,12,14H,4-6,11,13H2,1-3H3,(H,27,30)(H,31,32)/p-1. The molecule has 0 saturated heterocycles. The van der Waals surface area contributed by atoms with Gasteiger partial charge in [-0.15, -0.1) is 0 Å². The number of amides is 1. The minimum absolute atomic E-state index is 0.143. The molecule has 1 aromatic carbocycles. The van der Waals surface area contributed by atoms with E-state index >= 15 is 0 Å². The number of benzene rings is 1. The molecule has 0 aliphatic rings. The van der Waals surface area contributed by atoms with E-state index in [1.54, 1.807) is 0 Å². The number of hydrogen-bond donors (Lipinski definition) is 1. The van der Waals surface area contributed by atoms with Crippen LogP contribution >= 0.6 is 0 Å². The average Bonchev–Trinajstić information content (AvgIpc) is 2.78. The van der Waals surface area contributed by atoms with Crippen LogP contribution in [0.4, 0.5) is 23.2 Å². The first kappa shape index (κ1) is 27.5. The number of hydrogen-bond acceptors (Lipinski definition) is 5. The minimum Gasteiger partial charge on any atom is -0.755 e. The summed E-state index contributed by atoms with van der Waals surface area (Å²) in [5.74, 6) is -2.35. The molecule has 0 aliphatic heterocycles. The zero-order chi connectivity index (χ0) is 25.5. The Balaban J connectivity index is 2.13. The Bertz CT molecular complexity index is 1020. The first-order chi connectivity index (χ1) is 16.0. The van der Waals surface area contributed by atoms with Gasteiger partial charge in [-0.2, -0.15) is 13.2 Å². The van der Waals surface area contributed by atoms with E-state index in [0.717, 1.165) is 25.0 Å². The predicted octanol–water partition coefficient (Wildman–Crippen LogP) is 4.46. The van der Waals surface area contributed by atoms with Crippen molar-refractivity contribution in [2.24, 2.45) is 0 Å². The molecule has 2 aromatic rings. The molecule has 0 radical (unpaired) electrons. The molecule has 1 amide bonds. The van der Waals surface area contributed by atoms with E-state index in [9.17, 15) is 31.1 Å². The number of alkyl halides is 3. The molecule has 2 atom stereocenters. The Labute approximate surface area is 197 Å². The van der Waals surface area contributed by atoms with Crippen molar-refractivity contribution in [1.29, 1.82) is 0 Å². The Morgan fingerprint density at radius 3 is 2.56 bits per heavy atom. The van der Waals surface area contributed by atoms with E-state index in [1.807, 2.05) is 6.92 Å². The van der Waals surface area contributed by atoms with Gasteiger partial charge in [0.15, 0.2) is 0 Å². The van der Waals surface area contributed by atoms with Crippen LogP contribution in [0.1, 0.15) is 55.8 Å². The quantitative estimate of drug-likeness (QED) is 0.277. The lowest BCUT2D eigenvalue weighted by atomic mass is 9.99. The molecule has 12 heteroatoms. The smallest absolute Gasteiger partial charge is 0.433 e. The molecule has 188 valence electrons. The van der Waals surface area contributed by atoms with Gasteiger partial charge in [-0.25, -0.2) is 9.37 Å². The second kappa shape index (κ2) is 12.1. The van der Waals surface area contributed by atoms with E-state index in [-0.39, 0.29) is 30.3 Å². The molecule has 1 heterocycles. The fourth-order valence-corrected chi connectivity index (χ4v) is 3.33. The summed E-state index contributed by atoms with van der Waals surface area (Å²) in [6.45, 7) is 3.54. The molecular formula is C22H26F4N3O4S-. The van der Waals surface area contributed by atoms with Crippen molar-refractivity contribution in [3.05, 3.63) is 53.0 Å². The molecule has 1 aromatic heterocycles. The van der Waals surface area contributed by atoms with Crippen LogP contribution in [0.5, 0.6) is 5.88 Å². The molecule has 0 spiro atoms. The van der Waals surface area contributed by atoms with Crippen LogP contribution in [0.25, 0.3) is 0 Å². The largest absolute Gasteiger partial charge is 0.755 e. The van der Waals surface area contributed by atoms with Crippen molar-refractivity contribution in [3.63, 3.8) is 0 Å². The highest BCUT2D eigenvalue weighted by Crippen LogP contribution is 2.30. The molecule has 34 heavy (non-hydrogen) atoms. The lowest BCUT2D eigenvalue weighted by Crippen LogP contribution is -2.28. The number of pyridine rings is 1. The second-order valence-corrected chi connectivity index (χ2v) is 8.56. The third kappa shape index (κ3) is 7.39. The fraction of sp³-hybridized carbons (Fsp3) is 0.455. The molecule has 0 bridgehead atoms. The summed E-state index contributed by atoms with van der Waals surface area (Å²) >= 11 is -2.66. The normalized spacial score (nSPS) is 13.3. The van der Waals surface area contributed by atoms with Crippen LogP contribution in [0, 0.1) is 5.82 Å². The second-order valence-electron chi connectivity index (χ2n) is 7.58. The Morgan fingerprint density at radius 2 is 1.97 bits per heavy atom. The summed E-state index contributed by atoms with van der Waals surface area (Å²) in [7, 11) is 1.18. The van der Waals surface area contributed by atoms with Crippen LogP contribution in [-0.2, 0) is 28.8 Å². The summed E-state index contributed by atoms with van der Waals surface area (Å²) in [5.41, 5.74) is -0.706. The number of halogens is 4. The Kier molecular flexibility index (Phi) is 9.80. The van der Waals surface area contributed by atoms with Gasteiger partial charge in [-0.3, -0.25) is 9.00 Å². The highest BCUT2D eigenvalue weighted by molar-refractivity contribution is 7.80. The van der Waals surface area contributed by atoms with E-state index in [2.05, 4.69) is 10.3 Å². The first-order valence-electron chi connectivity index (χ1n) is 10.6. The van der Waals surface area contributed by atoms with Gasteiger partial charge in [0.25, 0.3) is 0 Å². The lowest BCUT2D eigenvalue weighted by Gasteiger charge is -2.22. The van der Waals surface area contributed by atoms with Crippen molar-refractivity contribution in [2.45, 2.75) is 51.7 Å². The molecule has 7 nitrogen and oxygen atoms in total. The third-order valence-corrected chi connectivity index (χ3v) is 5.74. The number of carbonyl (C=O) groups excluding carboxylic acids is 1. The summed E-state index contributed by atoms with van der Waals surface area (Å²) in [4.78, 5) is 16.2. The first-order valence-corrected chi connectivity index (χ1v) is 11.6. The van der Waals surface area contributed by atoms with Gasteiger partial charge in [0.05, 0.1) is 18.2 Å². The SMILES string of the molecule is CCCCCOc1nc(C(F)(F)F)ccc1CNC(=O)C(C)c1ccc(N(C)S(=O)[O-])c(F)c1. The van der Waals surface area contributed by atoms with Gasteiger partial charge in [0.2, 0.25) is 11.8 Å². The van der Waals surface area contributed by atoms with Gasteiger partial charge >= 0.3 is 6.18 Å². The van der Waals surface area contributed by atoms with Crippen LogP contribution in [-0.4, -0.2) is 33.3 Å². The van der Waals surface area contributed by atoms with Gasteiger partial charge in [0.1, 0.15) is 11.5 Å². The van der Waals surface area contributed by atoms with Crippen LogP contribution in [0.3, 0.4) is 0 Å². The number of unbranched alkanes of at least 4 members (excludes halogenated alkanes) is 2. The van der Waals surface area contributed by atoms with Crippen molar-refractivity contribution in [3.8, 4) is 5.88 Å². The van der Waals surface area contributed by atoms with Crippen molar-refractivity contribution in [2.75, 3.05) is 18.0 Å². The predicted molar refractivity (Wildman–Crippen MR) is 118 cm³/mol. The number of nitrogens with one attached hydrogen (secondary N) is 1.